The summed E-state index contributed by atoms with van der Waals surface area (Å²) in [4.78, 5) is 11.2. The molecule has 1 aliphatic rings. The van der Waals surface area contributed by atoms with Crippen LogP contribution < -0.4 is 0 Å². The van der Waals surface area contributed by atoms with Crippen molar-refractivity contribution in [3.63, 3.8) is 0 Å². The van der Waals surface area contributed by atoms with Crippen LogP contribution in [-0.4, -0.2) is 29.6 Å². The summed E-state index contributed by atoms with van der Waals surface area (Å²) in [7, 11) is 2.13. The summed E-state index contributed by atoms with van der Waals surface area (Å²) in [6, 6.07) is 0. The largest absolute Gasteiger partial charge is 0.481 e. The van der Waals surface area contributed by atoms with Crippen LogP contribution >= 0.6 is 0 Å². The van der Waals surface area contributed by atoms with Gasteiger partial charge >= 0.3 is 0 Å². The highest BCUT2D eigenvalue weighted by Crippen LogP contribution is 2.14. The van der Waals surface area contributed by atoms with Gasteiger partial charge < -0.3 is 10.0 Å². The van der Waals surface area contributed by atoms with Crippen molar-refractivity contribution in [2.45, 2.75) is 26.7 Å². The molecule has 0 aromatic heterocycles. The van der Waals surface area contributed by atoms with Crippen molar-refractivity contribution in [2.24, 2.45) is 0 Å². The summed E-state index contributed by atoms with van der Waals surface area (Å²) in [6.45, 7) is 4.52. The van der Waals surface area contributed by atoms with Crippen molar-refractivity contribution in [1.82, 2.24) is 4.90 Å². The van der Waals surface area contributed by atoms with Crippen LogP contribution in [0.2, 0.25) is 0 Å². The Kier molecular flexibility index (Phi) is 5.17. The molecule has 0 aliphatic carbocycles. The minimum absolute atomic E-state index is 0.833. The summed E-state index contributed by atoms with van der Waals surface area (Å²) in [6.07, 6.45) is 4.76. The standard InChI is InChI=1S/C7H13N.C2H4O2/c1-3-7-4-5-8(2)6-7;1-2(3)4/h6H,3-5H2,1-2H3;1H3,(H,3,4). The summed E-state index contributed by atoms with van der Waals surface area (Å²) < 4.78 is 0. The van der Waals surface area contributed by atoms with Crippen molar-refractivity contribution < 1.29 is 9.90 Å². The molecule has 0 bridgehead atoms. The van der Waals surface area contributed by atoms with E-state index in [1.54, 1.807) is 5.57 Å². The third-order valence-corrected chi connectivity index (χ3v) is 1.64. The Balaban J connectivity index is 0.000000261. The van der Waals surface area contributed by atoms with E-state index in [1.165, 1.54) is 19.4 Å². The second-order valence-electron chi connectivity index (χ2n) is 2.89. The molecular weight excluding hydrogens is 154 g/mol. The molecule has 0 radical (unpaired) electrons. The molecule has 1 aliphatic heterocycles. The highest BCUT2D eigenvalue weighted by molar-refractivity contribution is 5.62. The highest BCUT2D eigenvalue weighted by Gasteiger charge is 2.04. The molecule has 1 heterocycles. The van der Waals surface area contributed by atoms with Gasteiger partial charge in [-0.25, -0.2) is 0 Å². The first kappa shape index (κ1) is 11.0. The lowest BCUT2D eigenvalue weighted by molar-refractivity contribution is -0.134. The molecule has 0 fully saturated rings. The van der Waals surface area contributed by atoms with Crippen LogP contribution in [0.4, 0.5) is 0 Å². The first-order valence-corrected chi connectivity index (χ1v) is 4.15. The van der Waals surface area contributed by atoms with Gasteiger partial charge in [0.25, 0.3) is 5.97 Å². The first-order valence-electron chi connectivity index (χ1n) is 4.15. The van der Waals surface area contributed by atoms with Gasteiger partial charge in [-0.2, -0.15) is 0 Å². The SMILES string of the molecule is CC(=O)O.CCC1=CN(C)CC1. The van der Waals surface area contributed by atoms with E-state index in [2.05, 4.69) is 25.1 Å². The van der Waals surface area contributed by atoms with Crippen LogP contribution in [0, 0.1) is 0 Å². The van der Waals surface area contributed by atoms with Crippen molar-refractivity contribution in [3.05, 3.63) is 11.8 Å². The predicted molar refractivity (Wildman–Crippen MR) is 48.9 cm³/mol. The van der Waals surface area contributed by atoms with Gasteiger partial charge in [-0.15, -0.1) is 0 Å². The second-order valence-corrected chi connectivity index (χ2v) is 2.89. The smallest absolute Gasteiger partial charge is 0.300 e. The van der Waals surface area contributed by atoms with Gasteiger partial charge in [-0.3, -0.25) is 4.79 Å². The van der Waals surface area contributed by atoms with E-state index in [0.29, 0.717) is 0 Å². The molecule has 3 nitrogen and oxygen atoms in total. The van der Waals surface area contributed by atoms with Crippen LogP contribution in [0.3, 0.4) is 0 Å². The molecule has 0 aromatic carbocycles. The zero-order chi connectivity index (χ0) is 9.56. The fourth-order valence-corrected chi connectivity index (χ4v) is 1.03. The molecule has 0 saturated heterocycles. The average Bonchev–Trinajstić information content (AvgIpc) is 2.34. The average molecular weight is 171 g/mol. The topological polar surface area (TPSA) is 40.5 Å². The zero-order valence-electron chi connectivity index (χ0n) is 8.00. The molecule has 0 aromatic rings. The van der Waals surface area contributed by atoms with E-state index < -0.39 is 5.97 Å². The maximum atomic E-state index is 9.00. The van der Waals surface area contributed by atoms with Crippen LogP contribution in [0.5, 0.6) is 0 Å². The Morgan fingerprint density at radius 1 is 1.75 bits per heavy atom. The molecular formula is C9H17NO2. The number of aliphatic carboxylic acids is 1. The lowest BCUT2D eigenvalue weighted by atomic mass is 10.2. The summed E-state index contributed by atoms with van der Waals surface area (Å²) in [5.41, 5.74) is 1.59. The summed E-state index contributed by atoms with van der Waals surface area (Å²) in [5, 5.41) is 7.42. The molecule has 12 heavy (non-hydrogen) atoms. The number of carboxylic acids is 1. The monoisotopic (exact) mass is 171 g/mol. The third-order valence-electron chi connectivity index (χ3n) is 1.64. The Bertz CT molecular complexity index is 171. The second kappa shape index (κ2) is 5.63. The van der Waals surface area contributed by atoms with Crippen LogP contribution in [0.1, 0.15) is 26.7 Å². The predicted octanol–water partition coefficient (Wildman–Crippen LogP) is 1.71. The van der Waals surface area contributed by atoms with Gasteiger partial charge in [0, 0.05) is 20.5 Å². The van der Waals surface area contributed by atoms with Gasteiger partial charge in [0.05, 0.1) is 0 Å². The van der Waals surface area contributed by atoms with Gasteiger partial charge in [0.15, 0.2) is 0 Å². The van der Waals surface area contributed by atoms with Crippen LogP contribution in [0.25, 0.3) is 0 Å². The van der Waals surface area contributed by atoms with E-state index in [-0.39, 0.29) is 0 Å². The molecule has 0 amide bonds. The number of rotatable bonds is 1. The van der Waals surface area contributed by atoms with Crippen LogP contribution in [0.15, 0.2) is 11.8 Å². The Hall–Kier alpha value is -0.990. The molecule has 1 rings (SSSR count). The van der Waals surface area contributed by atoms with Gasteiger partial charge in [-0.1, -0.05) is 12.5 Å². The lowest BCUT2D eigenvalue weighted by Crippen LogP contribution is -2.04. The molecule has 1 N–H and O–H groups in total. The normalized spacial score (nSPS) is 14.9. The maximum absolute atomic E-state index is 9.00. The number of carbonyl (C=O) groups is 1. The van der Waals surface area contributed by atoms with Gasteiger partial charge in [0.1, 0.15) is 0 Å². The molecule has 3 heteroatoms. The Labute approximate surface area is 73.7 Å². The molecule has 0 atom stereocenters. The lowest BCUT2D eigenvalue weighted by Gasteiger charge is -2.02. The van der Waals surface area contributed by atoms with E-state index in [1.807, 2.05) is 0 Å². The molecule has 0 saturated carbocycles. The molecule has 0 spiro atoms. The third kappa shape index (κ3) is 5.77. The van der Waals surface area contributed by atoms with Crippen molar-refractivity contribution in [3.8, 4) is 0 Å². The zero-order valence-corrected chi connectivity index (χ0v) is 8.00. The number of hydrogen-bond acceptors (Lipinski definition) is 2. The van der Waals surface area contributed by atoms with E-state index >= 15 is 0 Å². The fourth-order valence-electron chi connectivity index (χ4n) is 1.03. The first-order chi connectivity index (χ1) is 5.56. The van der Waals surface area contributed by atoms with Crippen molar-refractivity contribution in [1.29, 1.82) is 0 Å². The van der Waals surface area contributed by atoms with Crippen molar-refractivity contribution in [2.75, 3.05) is 13.6 Å². The van der Waals surface area contributed by atoms with Crippen molar-refractivity contribution >= 4 is 5.97 Å². The Morgan fingerprint density at radius 3 is 2.42 bits per heavy atom. The molecule has 70 valence electrons. The fraction of sp³-hybridized carbons (Fsp3) is 0.667. The Morgan fingerprint density at radius 2 is 2.25 bits per heavy atom. The highest BCUT2D eigenvalue weighted by atomic mass is 16.4. The van der Waals surface area contributed by atoms with E-state index in [4.69, 9.17) is 9.90 Å². The number of hydrogen-bond donors (Lipinski definition) is 1. The van der Waals surface area contributed by atoms with E-state index in [0.717, 1.165) is 6.92 Å². The van der Waals surface area contributed by atoms with E-state index in [9.17, 15) is 0 Å². The van der Waals surface area contributed by atoms with Crippen LogP contribution in [-0.2, 0) is 4.79 Å². The van der Waals surface area contributed by atoms with Gasteiger partial charge in [-0.05, 0) is 19.0 Å². The molecule has 0 unspecified atom stereocenters. The van der Waals surface area contributed by atoms with Gasteiger partial charge in [0.2, 0.25) is 0 Å². The minimum atomic E-state index is -0.833. The minimum Gasteiger partial charge on any atom is -0.481 e. The summed E-state index contributed by atoms with van der Waals surface area (Å²) >= 11 is 0. The number of carboxylic acid groups (broad SMARTS) is 1. The maximum Gasteiger partial charge on any atom is 0.300 e. The quantitative estimate of drug-likeness (QED) is 0.653. The number of nitrogens with zero attached hydrogens (tertiary/aromatic N) is 1. The summed E-state index contributed by atoms with van der Waals surface area (Å²) in [5.74, 6) is -0.833.